The van der Waals surface area contributed by atoms with Gasteiger partial charge in [-0.1, -0.05) is 12.1 Å². The molecule has 0 radical (unpaired) electrons. The highest BCUT2D eigenvalue weighted by Crippen LogP contribution is 2.24. The largest absolute Gasteiger partial charge is 0.497 e. The summed E-state index contributed by atoms with van der Waals surface area (Å²) in [5.41, 5.74) is 6.43. The van der Waals surface area contributed by atoms with Crippen LogP contribution in [0.4, 0.5) is 5.95 Å². The molecule has 2 heterocycles. The maximum atomic E-state index is 6.09. The van der Waals surface area contributed by atoms with Gasteiger partial charge in [-0.3, -0.25) is 0 Å². The van der Waals surface area contributed by atoms with Crippen LogP contribution >= 0.6 is 0 Å². The second kappa shape index (κ2) is 7.52. The number of rotatable bonds is 4. The van der Waals surface area contributed by atoms with Crippen molar-refractivity contribution in [2.75, 3.05) is 12.5 Å². The molecule has 0 atom stereocenters. The van der Waals surface area contributed by atoms with Crippen molar-refractivity contribution < 1.29 is 9.15 Å². The van der Waals surface area contributed by atoms with Crippen molar-refractivity contribution >= 4 is 16.9 Å². The lowest BCUT2D eigenvalue weighted by atomic mass is 10.1. The number of nitrogens with one attached hydrogen (secondary N) is 1. The number of fused-ring (bicyclic) bond motifs is 1. The quantitative estimate of drug-likeness (QED) is 0.536. The summed E-state index contributed by atoms with van der Waals surface area (Å²) in [4.78, 5) is 8.75. The first-order valence-electron chi connectivity index (χ1n) is 8.92. The van der Waals surface area contributed by atoms with Crippen LogP contribution in [-0.4, -0.2) is 17.1 Å². The van der Waals surface area contributed by atoms with Gasteiger partial charge in [0.2, 0.25) is 5.95 Å². The van der Waals surface area contributed by atoms with Gasteiger partial charge < -0.3 is 9.15 Å². The van der Waals surface area contributed by atoms with E-state index in [1.165, 1.54) is 0 Å². The van der Waals surface area contributed by atoms with E-state index in [0.29, 0.717) is 11.7 Å². The molecule has 0 amide bonds. The molecule has 0 saturated heterocycles. The van der Waals surface area contributed by atoms with E-state index in [4.69, 9.17) is 9.15 Å². The molecule has 0 saturated carbocycles. The van der Waals surface area contributed by atoms with Gasteiger partial charge in [0, 0.05) is 28.4 Å². The van der Waals surface area contributed by atoms with Crippen LogP contribution in [0, 0.1) is 13.8 Å². The van der Waals surface area contributed by atoms with E-state index < -0.39 is 0 Å². The van der Waals surface area contributed by atoms with E-state index in [1.807, 2.05) is 74.5 Å². The summed E-state index contributed by atoms with van der Waals surface area (Å²) in [7, 11) is 1.65. The monoisotopic (exact) mass is 372 g/mol. The first kappa shape index (κ1) is 17.7. The molecule has 4 rings (SSSR count). The van der Waals surface area contributed by atoms with Gasteiger partial charge in [0.05, 0.1) is 12.5 Å². The number of para-hydroxylation sites is 1. The summed E-state index contributed by atoms with van der Waals surface area (Å²) in [6.07, 6.45) is 0. The molecule has 1 N–H and O–H groups in total. The number of nitrogens with zero attached hydrogens (tertiary/aromatic N) is 3. The van der Waals surface area contributed by atoms with Gasteiger partial charge in [0.15, 0.2) is 0 Å². The summed E-state index contributed by atoms with van der Waals surface area (Å²) < 4.78 is 11.3. The third kappa shape index (κ3) is 3.71. The SMILES string of the molecule is COc1ccc(-c2c/c(=N\Nc3nc(C)cc(C)n3)c3ccccc3o2)cc1. The second-order valence-corrected chi connectivity index (χ2v) is 6.42. The van der Waals surface area contributed by atoms with Crippen LogP contribution in [0.2, 0.25) is 0 Å². The van der Waals surface area contributed by atoms with Gasteiger partial charge in [-0.25, -0.2) is 15.4 Å². The summed E-state index contributed by atoms with van der Waals surface area (Å²) >= 11 is 0. The molecule has 0 spiro atoms. The Morgan fingerprint density at radius 1 is 0.929 bits per heavy atom. The lowest BCUT2D eigenvalue weighted by molar-refractivity contribution is 0.415. The Bertz CT molecular complexity index is 1180. The van der Waals surface area contributed by atoms with Crippen LogP contribution in [0.25, 0.3) is 22.3 Å². The molecule has 0 unspecified atom stereocenters. The average molecular weight is 372 g/mol. The molecule has 6 nitrogen and oxygen atoms in total. The normalized spacial score (nSPS) is 11.6. The molecule has 2 aromatic carbocycles. The zero-order chi connectivity index (χ0) is 19.5. The lowest BCUT2D eigenvalue weighted by Crippen LogP contribution is -2.09. The molecule has 0 fully saturated rings. The fourth-order valence-corrected chi connectivity index (χ4v) is 2.99. The second-order valence-electron chi connectivity index (χ2n) is 6.42. The topological polar surface area (TPSA) is 72.5 Å². The minimum absolute atomic E-state index is 0.466. The Morgan fingerprint density at radius 2 is 1.64 bits per heavy atom. The minimum Gasteiger partial charge on any atom is -0.497 e. The number of benzene rings is 2. The third-order valence-corrected chi connectivity index (χ3v) is 4.28. The van der Waals surface area contributed by atoms with Crippen molar-refractivity contribution in [3.8, 4) is 17.1 Å². The Hall–Kier alpha value is -3.67. The van der Waals surface area contributed by atoms with Crippen molar-refractivity contribution in [2.24, 2.45) is 5.10 Å². The van der Waals surface area contributed by atoms with Crippen molar-refractivity contribution in [3.63, 3.8) is 0 Å². The summed E-state index contributed by atoms with van der Waals surface area (Å²) in [6.45, 7) is 3.86. The summed E-state index contributed by atoms with van der Waals surface area (Å²) in [5, 5.41) is 6.19. The lowest BCUT2D eigenvalue weighted by Gasteiger charge is -2.06. The smallest absolute Gasteiger partial charge is 0.243 e. The van der Waals surface area contributed by atoms with E-state index in [2.05, 4.69) is 20.5 Å². The molecule has 0 aliphatic rings. The van der Waals surface area contributed by atoms with Crippen LogP contribution in [0.3, 0.4) is 0 Å². The van der Waals surface area contributed by atoms with E-state index in [0.717, 1.165) is 39.0 Å². The molecule has 6 heteroatoms. The number of aryl methyl sites for hydroxylation is 2. The average Bonchev–Trinajstić information content (AvgIpc) is 2.71. The standard InChI is InChI=1S/C22H20N4O2/c1-14-12-15(2)24-22(23-14)26-25-19-13-21(16-8-10-17(27-3)11-9-16)28-20-7-5-4-6-18(19)20/h4-13H,1-3H3,(H,23,24,26)/b25-19+. The van der Waals surface area contributed by atoms with Crippen LogP contribution < -0.4 is 15.5 Å². The maximum absolute atomic E-state index is 6.09. The predicted molar refractivity (Wildman–Crippen MR) is 109 cm³/mol. The number of methoxy groups -OCH3 is 1. The highest BCUT2D eigenvalue weighted by Gasteiger charge is 2.06. The molecule has 28 heavy (non-hydrogen) atoms. The molecule has 0 aliphatic carbocycles. The molecule has 140 valence electrons. The Labute approximate surface area is 162 Å². The highest BCUT2D eigenvalue weighted by molar-refractivity contribution is 5.78. The van der Waals surface area contributed by atoms with Gasteiger partial charge in [0.25, 0.3) is 0 Å². The van der Waals surface area contributed by atoms with E-state index in [1.54, 1.807) is 7.11 Å². The molecule has 2 aromatic heterocycles. The first-order valence-corrected chi connectivity index (χ1v) is 8.92. The maximum Gasteiger partial charge on any atom is 0.243 e. The zero-order valence-electron chi connectivity index (χ0n) is 15.9. The number of hydrogen-bond acceptors (Lipinski definition) is 6. The highest BCUT2D eigenvalue weighted by atomic mass is 16.5. The van der Waals surface area contributed by atoms with E-state index in [9.17, 15) is 0 Å². The molecule has 0 aliphatic heterocycles. The summed E-state index contributed by atoms with van der Waals surface area (Å²) in [5.74, 6) is 1.97. The van der Waals surface area contributed by atoms with Crippen molar-refractivity contribution in [1.29, 1.82) is 0 Å². The van der Waals surface area contributed by atoms with Crippen LogP contribution in [-0.2, 0) is 0 Å². The van der Waals surface area contributed by atoms with E-state index in [-0.39, 0.29) is 0 Å². The minimum atomic E-state index is 0.466. The van der Waals surface area contributed by atoms with Crippen LogP contribution in [0.5, 0.6) is 5.75 Å². The van der Waals surface area contributed by atoms with Gasteiger partial charge in [-0.2, -0.15) is 5.10 Å². The Kier molecular flexibility index (Phi) is 4.76. The Morgan fingerprint density at radius 3 is 2.36 bits per heavy atom. The first-order chi connectivity index (χ1) is 13.6. The van der Waals surface area contributed by atoms with Gasteiger partial charge in [-0.05, 0) is 56.3 Å². The number of aromatic nitrogens is 2. The van der Waals surface area contributed by atoms with Crippen LogP contribution in [0.1, 0.15) is 11.4 Å². The van der Waals surface area contributed by atoms with Crippen molar-refractivity contribution in [1.82, 2.24) is 9.97 Å². The van der Waals surface area contributed by atoms with Crippen molar-refractivity contribution in [2.45, 2.75) is 13.8 Å². The summed E-state index contributed by atoms with van der Waals surface area (Å²) in [6, 6.07) is 19.3. The Balaban J connectivity index is 1.81. The van der Waals surface area contributed by atoms with Crippen molar-refractivity contribution in [3.05, 3.63) is 77.4 Å². The zero-order valence-corrected chi connectivity index (χ0v) is 15.9. The van der Waals surface area contributed by atoms with Gasteiger partial charge >= 0.3 is 0 Å². The van der Waals surface area contributed by atoms with Gasteiger partial charge in [0.1, 0.15) is 17.1 Å². The number of ether oxygens (including phenoxy) is 1. The predicted octanol–water partition coefficient (Wildman–Crippen LogP) is 4.44. The van der Waals surface area contributed by atoms with Crippen LogP contribution in [0.15, 0.2) is 70.2 Å². The molecule has 0 bridgehead atoms. The fourth-order valence-electron chi connectivity index (χ4n) is 2.99. The van der Waals surface area contributed by atoms with E-state index >= 15 is 0 Å². The molecule has 4 aromatic rings. The molecular formula is C22H20N4O2. The third-order valence-electron chi connectivity index (χ3n) is 4.28. The fraction of sp³-hybridized carbons (Fsp3) is 0.136. The number of hydrogen-bond donors (Lipinski definition) is 1. The molecular weight excluding hydrogens is 352 g/mol. The van der Waals surface area contributed by atoms with Gasteiger partial charge in [-0.15, -0.1) is 0 Å². The number of anilines is 1.